The molecule has 0 aromatic heterocycles. The molecule has 2 aromatic carbocycles. The number of alkyl halides is 1. The topological polar surface area (TPSA) is 9.23 Å². The van der Waals surface area contributed by atoms with E-state index in [1.165, 1.54) is 0 Å². The molecule has 0 bridgehead atoms. The first-order chi connectivity index (χ1) is 8.15. The second-order valence-corrected chi connectivity index (χ2v) is 4.16. The van der Waals surface area contributed by atoms with E-state index < -0.39 is 6.36 Å². The van der Waals surface area contributed by atoms with Gasteiger partial charge in [-0.15, -0.1) is 0 Å². The summed E-state index contributed by atoms with van der Waals surface area (Å²) in [4.78, 5) is 0. The second-order valence-electron chi connectivity index (χ2n) is 4.16. The van der Waals surface area contributed by atoms with Crippen molar-refractivity contribution in [3.63, 3.8) is 0 Å². The van der Waals surface area contributed by atoms with Crippen LogP contribution < -0.4 is 4.74 Å². The lowest BCUT2D eigenvalue weighted by Gasteiger charge is -2.12. The minimum Gasteiger partial charge on any atom is -0.456 e. The Morgan fingerprint density at radius 2 is 1.29 bits per heavy atom. The minimum absolute atomic E-state index is 0.538. The van der Waals surface area contributed by atoms with Crippen molar-refractivity contribution in [2.75, 3.05) is 0 Å². The number of hydrogen-bond donors (Lipinski definition) is 0. The Kier molecular flexibility index (Phi) is 3.43. The van der Waals surface area contributed by atoms with E-state index in [4.69, 9.17) is 4.74 Å². The Morgan fingerprint density at radius 1 is 0.824 bits per heavy atom. The van der Waals surface area contributed by atoms with Crippen LogP contribution in [0.25, 0.3) is 0 Å². The molecule has 2 rings (SSSR count). The summed E-state index contributed by atoms with van der Waals surface area (Å²) in [6.07, 6.45) is -1.42. The van der Waals surface area contributed by atoms with Gasteiger partial charge in [-0.1, -0.05) is 47.5 Å². The maximum absolute atomic E-state index is 13.8. The third-order valence-electron chi connectivity index (χ3n) is 2.60. The van der Waals surface area contributed by atoms with Gasteiger partial charge in [-0.05, 0) is 26.0 Å². The van der Waals surface area contributed by atoms with Gasteiger partial charge < -0.3 is 4.74 Å². The summed E-state index contributed by atoms with van der Waals surface area (Å²) in [6.45, 7) is 3.95. The zero-order valence-corrected chi connectivity index (χ0v) is 9.98. The van der Waals surface area contributed by atoms with Gasteiger partial charge in [0.1, 0.15) is 5.75 Å². The smallest absolute Gasteiger partial charge is 0.264 e. The molecule has 1 unspecified atom stereocenters. The fourth-order valence-corrected chi connectivity index (χ4v) is 1.52. The van der Waals surface area contributed by atoms with Crippen molar-refractivity contribution in [1.29, 1.82) is 0 Å². The SMILES string of the molecule is Cc1ccc(OC(F)c2ccc(C)cc2)cc1. The summed E-state index contributed by atoms with van der Waals surface area (Å²) in [5.41, 5.74) is 2.77. The largest absolute Gasteiger partial charge is 0.456 e. The maximum Gasteiger partial charge on any atom is 0.264 e. The number of aryl methyl sites for hydroxylation is 2. The molecule has 17 heavy (non-hydrogen) atoms. The number of hydrogen-bond acceptors (Lipinski definition) is 1. The van der Waals surface area contributed by atoms with E-state index in [0.717, 1.165) is 11.1 Å². The first-order valence-corrected chi connectivity index (χ1v) is 5.59. The van der Waals surface area contributed by atoms with Crippen LogP contribution in [0.4, 0.5) is 4.39 Å². The van der Waals surface area contributed by atoms with E-state index in [1.807, 2.05) is 38.1 Å². The summed E-state index contributed by atoms with van der Waals surface area (Å²) in [6, 6.07) is 14.6. The highest BCUT2D eigenvalue weighted by Crippen LogP contribution is 2.23. The van der Waals surface area contributed by atoms with Crippen molar-refractivity contribution in [3.8, 4) is 5.75 Å². The Balaban J connectivity index is 2.08. The highest BCUT2D eigenvalue weighted by atomic mass is 19.1. The van der Waals surface area contributed by atoms with Crippen molar-refractivity contribution in [2.45, 2.75) is 20.2 Å². The van der Waals surface area contributed by atoms with Gasteiger partial charge in [-0.3, -0.25) is 0 Å². The second kappa shape index (κ2) is 5.00. The summed E-state index contributed by atoms with van der Waals surface area (Å²) in [7, 11) is 0. The van der Waals surface area contributed by atoms with Crippen molar-refractivity contribution >= 4 is 0 Å². The molecule has 0 aliphatic carbocycles. The molecule has 0 N–H and O–H groups in total. The molecule has 88 valence electrons. The van der Waals surface area contributed by atoms with Crippen molar-refractivity contribution in [3.05, 3.63) is 65.2 Å². The molecule has 0 fully saturated rings. The van der Waals surface area contributed by atoms with Gasteiger partial charge in [0.05, 0.1) is 0 Å². The van der Waals surface area contributed by atoms with E-state index in [2.05, 4.69) is 0 Å². The Morgan fingerprint density at radius 3 is 1.82 bits per heavy atom. The summed E-state index contributed by atoms with van der Waals surface area (Å²) >= 11 is 0. The highest BCUT2D eigenvalue weighted by Gasteiger charge is 2.10. The summed E-state index contributed by atoms with van der Waals surface area (Å²) in [5.74, 6) is 0.545. The van der Waals surface area contributed by atoms with Crippen LogP contribution in [0.2, 0.25) is 0 Å². The normalized spacial score (nSPS) is 12.2. The Bertz CT molecular complexity index is 473. The van der Waals surface area contributed by atoms with Crippen molar-refractivity contribution < 1.29 is 9.13 Å². The molecule has 0 aliphatic heterocycles. The van der Waals surface area contributed by atoms with Crippen LogP contribution in [0.3, 0.4) is 0 Å². The molecule has 0 aliphatic rings. The van der Waals surface area contributed by atoms with E-state index in [-0.39, 0.29) is 0 Å². The molecule has 0 amide bonds. The van der Waals surface area contributed by atoms with E-state index in [0.29, 0.717) is 11.3 Å². The predicted octanol–water partition coefficient (Wildman–Crippen LogP) is 4.35. The summed E-state index contributed by atoms with van der Waals surface area (Å²) < 4.78 is 19.1. The van der Waals surface area contributed by atoms with Gasteiger partial charge in [0.25, 0.3) is 6.36 Å². The van der Waals surface area contributed by atoms with Crippen LogP contribution in [-0.4, -0.2) is 0 Å². The zero-order chi connectivity index (χ0) is 12.3. The zero-order valence-electron chi connectivity index (χ0n) is 9.98. The van der Waals surface area contributed by atoms with E-state index in [9.17, 15) is 4.39 Å². The number of halogens is 1. The molecular weight excluding hydrogens is 215 g/mol. The average Bonchev–Trinajstić information content (AvgIpc) is 2.33. The Labute approximate surface area is 101 Å². The molecule has 0 saturated carbocycles. The third kappa shape index (κ3) is 3.06. The van der Waals surface area contributed by atoms with Crippen LogP contribution in [0.15, 0.2) is 48.5 Å². The predicted molar refractivity (Wildman–Crippen MR) is 66.8 cm³/mol. The fraction of sp³-hybridized carbons (Fsp3) is 0.200. The number of benzene rings is 2. The summed E-state index contributed by atoms with van der Waals surface area (Å²) in [5, 5.41) is 0. The van der Waals surface area contributed by atoms with Gasteiger partial charge in [0.2, 0.25) is 0 Å². The lowest BCUT2D eigenvalue weighted by molar-refractivity contribution is 0.0671. The maximum atomic E-state index is 13.8. The van der Waals surface area contributed by atoms with Crippen LogP contribution >= 0.6 is 0 Å². The lowest BCUT2D eigenvalue weighted by Crippen LogP contribution is -2.01. The van der Waals surface area contributed by atoms with E-state index >= 15 is 0 Å². The highest BCUT2D eigenvalue weighted by molar-refractivity contribution is 5.28. The quantitative estimate of drug-likeness (QED) is 0.761. The first-order valence-electron chi connectivity index (χ1n) is 5.59. The van der Waals surface area contributed by atoms with Crippen LogP contribution in [0.5, 0.6) is 5.75 Å². The van der Waals surface area contributed by atoms with Crippen LogP contribution in [-0.2, 0) is 0 Å². The molecular formula is C15H15FO. The number of rotatable bonds is 3. The average molecular weight is 230 g/mol. The minimum atomic E-state index is -1.42. The fourth-order valence-electron chi connectivity index (χ4n) is 1.52. The monoisotopic (exact) mass is 230 g/mol. The van der Waals surface area contributed by atoms with Gasteiger partial charge in [0, 0.05) is 5.56 Å². The van der Waals surface area contributed by atoms with Crippen LogP contribution in [0.1, 0.15) is 23.0 Å². The molecule has 2 heteroatoms. The standard InChI is InChI=1S/C15H15FO/c1-11-3-7-13(8-4-11)15(16)17-14-9-5-12(2)6-10-14/h3-10,15H,1-2H3. The molecule has 1 nitrogen and oxygen atoms in total. The molecule has 0 heterocycles. The van der Waals surface area contributed by atoms with Crippen molar-refractivity contribution in [1.82, 2.24) is 0 Å². The molecule has 0 saturated heterocycles. The van der Waals surface area contributed by atoms with E-state index in [1.54, 1.807) is 24.3 Å². The van der Waals surface area contributed by atoms with Gasteiger partial charge >= 0.3 is 0 Å². The lowest BCUT2D eigenvalue weighted by atomic mass is 10.1. The molecule has 1 atom stereocenters. The number of ether oxygens (including phenoxy) is 1. The van der Waals surface area contributed by atoms with Gasteiger partial charge in [-0.25, -0.2) is 0 Å². The van der Waals surface area contributed by atoms with Gasteiger partial charge in [-0.2, -0.15) is 4.39 Å². The van der Waals surface area contributed by atoms with Crippen molar-refractivity contribution in [2.24, 2.45) is 0 Å². The molecule has 0 spiro atoms. The first kappa shape index (κ1) is 11.6. The molecule has 2 aromatic rings. The molecule has 0 radical (unpaired) electrons. The van der Waals surface area contributed by atoms with Gasteiger partial charge in [0.15, 0.2) is 0 Å². The Hall–Kier alpha value is -1.83. The third-order valence-corrected chi connectivity index (χ3v) is 2.60. The van der Waals surface area contributed by atoms with Crippen LogP contribution in [0, 0.1) is 13.8 Å².